The molecule has 3 heteroatoms. The summed E-state index contributed by atoms with van der Waals surface area (Å²) in [6, 6.07) is 11.4. The number of aliphatic hydroxyl groups excluding tert-OH is 1. The van der Waals surface area contributed by atoms with Crippen LogP contribution in [0, 0.1) is 11.3 Å². The van der Waals surface area contributed by atoms with Gasteiger partial charge in [-0.1, -0.05) is 12.1 Å². The van der Waals surface area contributed by atoms with E-state index in [9.17, 15) is 0 Å². The average Bonchev–Trinajstić information content (AvgIpc) is 2.77. The van der Waals surface area contributed by atoms with Crippen molar-refractivity contribution in [3.05, 3.63) is 46.2 Å². The molecule has 74 valence electrons. The van der Waals surface area contributed by atoms with Crippen LogP contribution in [0.1, 0.15) is 10.4 Å². The summed E-state index contributed by atoms with van der Waals surface area (Å²) >= 11 is 1.54. The van der Waals surface area contributed by atoms with E-state index in [1.54, 1.807) is 12.1 Å². The third kappa shape index (κ3) is 1.91. The fourth-order valence-corrected chi connectivity index (χ4v) is 2.20. The molecule has 1 heterocycles. The van der Waals surface area contributed by atoms with E-state index in [0.29, 0.717) is 5.56 Å². The van der Waals surface area contributed by atoms with Crippen LogP contribution in [0.25, 0.3) is 11.1 Å². The molecule has 0 aliphatic heterocycles. The van der Waals surface area contributed by atoms with Crippen LogP contribution in [-0.4, -0.2) is 5.11 Å². The zero-order valence-corrected chi connectivity index (χ0v) is 8.79. The van der Waals surface area contributed by atoms with Gasteiger partial charge in [-0.15, -0.1) is 11.3 Å². The molecule has 1 N–H and O–H groups in total. The van der Waals surface area contributed by atoms with Gasteiger partial charge in [-0.05, 0) is 34.7 Å². The Balaban J connectivity index is 2.42. The summed E-state index contributed by atoms with van der Waals surface area (Å²) in [6.07, 6.45) is 0. The fourth-order valence-electron chi connectivity index (χ4n) is 1.44. The van der Waals surface area contributed by atoms with Crippen LogP contribution in [0.5, 0.6) is 0 Å². The zero-order valence-electron chi connectivity index (χ0n) is 7.97. The summed E-state index contributed by atoms with van der Waals surface area (Å²) in [5, 5.41) is 19.8. The molecule has 0 atom stereocenters. The normalized spacial score (nSPS) is 9.87. The van der Waals surface area contributed by atoms with E-state index >= 15 is 0 Å². The molecule has 0 unspecified atom stereocenters. The van der Waals surface area contributed by atoms with Gasteiger partial charge in [0.15, 0.2) is 0 Å². The van der Waals surface area contributed by atoms with Crippen molar-refractivity contribution < 1.29 is 5.11 Å². The van der Waals surface area contributed by atoms with Crippen molar-refractivity contribution in [2.24, 2.45) is 0 Å². The lowest BCUT2D eigenvalue weighted by Gasteiger charge is -2.01. The maximum absolute atomic E-state index is 9.13. The Kier molecular flexibility index (Phi) is 2.82. The molecular weight excluding hydrogens is 206 g/mol. The molecule has 0 fully saturated rings. The molecule has 1 aromatic heterocycles. The molecule has 1 aromatic carbocycles. The van der Waals surface area contributed by atoms with Gasteiger partial charge in [0.25, 0.3) is 0 Å². The second-order valence-electron chi connectivity index (χ2n) is 3.10. The lowest BCUT2D eigenvalue weighted by molar-refractivity contribution is 0.286. The maximum Gasteiger partial charge on any atom is 0.0991 e. The smallest absolute Gasteiger partial charge is 0.0991 e. The lowest BCUT2D eigenvalue weighted by Crippen LogP contribution is -1.82. The number of nitrogens with zero attached hydrogens (tertiary/aromatic N) is 1. The van der Waals surface area contributed by atoms with Crippen molar-refractivity contribution in [1.29, 1.82) is 5.26 Å². The van der Waals surface area contributed by atoms with Crippen LogP contribution in [0.15, 0.2) is 35.7 Å². The Labute approximate surface area is 92.0 Å². The third-order valence-corrected chi connectivity index (χ3v) is 3.12. The highest BCUT2D eigenvalue weighted by Crippen LogP contribution is 2.28. The highest BCUT2D eigenvalue weighted by atomic mass is 32.1. The van der Waals surface area contributed by atoms with Gasteiger partial charge < -0.3 is 5.11 Å². The van der Waals surface area contributed by atoms with Gasteiger partial charge >= 0.3 is 0 Å². The second kappa shape index (κ2) is 4.26. The maximum atomic E-state index is 9.13. The lowest BCUT2D eigenvalue weighted by atomic mass is 10.1. The van der Waals surface area contributed by atoms with Gasteiger partial charge in [-0.25, -0.2) is 0 Å². The molecule has 0 spiro atoms. The standard InChI is InChI=1S/C12H9NOS/c13-7-9-1-3-10(4-2-9)11-5-6-15-12(11)8-14/h1-6,14H,8H2. The van der Waals surface area contributed by atoms with Crippen LogP contribution >= 0.6 is 11.3 Å². The SMILES string of the molecule is N#Cc1ccc(-c2ccsc2CO)cc1. The van der Waals surface area contributed by atoms with Gasteiger partial charge in [0.1, 0.15) is 0 Å². The van der Waals surface area contributed by atoms with Crippen LogP contribution in [0.3, 0.4) is 0 Å². The number of benzene rings is 1. The van der Waals surface area contributed by atoms with E-state index in [0.717, 1.165) is 16.0 Å². The van der Waals surface area contributed by atoms with Crippen molar-refractivity contribution in [3.63, 3.8) is 0 Å². The van der Waals surface area contributed by atoms with Gasteiger partial charge in [-0.3, -0.25) is 0 Å². The van der Waals surface area contributed by atoms with Crippen molar-refractivity contribution in [1.82, 2.24) is 0 Å². The summed E-state index contributed by atoms with van der Waals surface area (Å²) in [7, 11) is 0. The molecule has 0 aliphatic carbocycles. The molecule has 0 amide bonds. The van der Waals surface area contributed by atoms with Crippen molar-refractivity contribution in [3.8, 4) is 17.2 Å². The topological polar surface area (TPSA) is 44.0 Å². The first-order chi connectivity index (χ1) is 7.35. The minimum atomic E-state index is 0.0625. The molecule has 0 bridgehead atoms. The Hall–Kier alpha value is -1.63. The van der Waals surface area contributed by atoms with Gasteiger partial charge in [0.05, 0.1) is 18.2 Å². The monoisotopic (exact) mass is 215 g/mol. The Morgan fingerprint density at radius 1 is 1.20 bits per heavy atom. The van der Waals surface area contributed by atoms with Crippen LogP contribution in [0.2, 0.25) is 0 Å². The van der Waals surface area contributed by atoms with Crippen LogP contribution < -0.4 is 0 Å². The summed E-state index contributed by atoms with van der Waals surface area (Å²) in [5.41, 5.74) is 2.74. The quantitative estimate of drug-likeness (QED) is 0.837. The Morgan fingerprint density at radius 3 is 2.53 bits per heavy atom. The minimum absolute atomic E-state index is 0.0625. The minimum Gasteiger partial charge on any atom is -0.391 e. The number of rotatable bonds is 2. The van der Waals surface area contributed by atoms with Crippen LogP contribution in [-0.2, 0) is 6.61 Å². The Bertz CT molecular complexity index is 493. The molecule has 0 saturated carbocycles. The molecular formula is C12H9NOS. The van der Waals surface area contributed by atoms with Crippen LogP contribution in [0.4, 0.5) is 0 Å². The molecule has 0 saturated heterocycles. The number of hydrogen-bond acceptors (Lipinski definition) is 3. The first-order valence-corrected chi connectivity index (χ1v) is 5.41. The predicted octanol–water partition coefficient (Wildman–Crippen LogP) is 2.78. The molecule has 0 aliphatic rings. The van der Waals surface area contributed by atoms with E-state index < -0.39 is 0 Å². The first kappa shape index (κ1) is 9.91. The number of nitriles is 1. The highest BCUT2D eigenvalue weighted by Gasteiger charge is 2.05. The highest BCUT2D eigenvalue weighted by molar-refractivity contribution is 7.10. The van der Waals surface area contributed by atoms with Gasteiger partial charge in [0, 0.05) is 4.88 Å². The molecule has 2 rings (SSSR count). The molecule has 0 radical (unpaired) electrons. The average molecular weight is 215 g/mol. The summed E-state index contributed by atoms with van der Waals surface area (Å²) in [6.45, 7) is 0.0625. The largest absolute Gasteiger partial charge is 0.391 e. The molecule has 15 heavy (non-hydrogen) atoms. The van der Waals surface area contributed by atoms with Crippen molar-refractivity contribution in [2.75, 3.05) is 0 Å². The van der Waals surface area contributed by atoms with E-state index in [1.165, 1.54) is 11.3 Å². The van der Waals surface area contributed by atoms with E-state index in [2.05, 4.69) is 6.07 Å². The summed E-state index contributed by atoms with van der Waals surface area (Å²) in [5.74, 6) is 0. The third-order valence-electron chi connectivity index (χ3n) is 2.21. The van der Waals surface area contributed by atoms with Crippen molar-refractivity contribution >= 4 is 11.3 Å². The van der Waals surface area contributed by atoms with E-state index in [4.69, 9.17) is 10.4 Å². The molecule has 2 nitrogen and oxygen atoms in total. The van der Waals surface area contributed by atoms with Gasteiger partial charge in [-0.2, -0.15) is 5.26 Å². The van der Waals surface area contributed by atoms with E-state index in [-0.39, 0.29) is 6.61 Å². The Morgan fingerprint density at radius 2 is 1.93 bits per heavy atom. The number of hydrogen-bond donors (Lipinski definition) is 1. The summed E-state index contributed by atoms with van der Waals surface area (Å²) in [4.78, 5) is 0.958. The fraction of sp³-hybridized carbons (Fsp3) is 0.0833. The summed E-state index contributed by atoms with van der Waals surface area (Å²) < 4.78 is 0. The van der Waals surface area contributed by atoms with E-state index in [1.807, 2.05) is 23.6 Å². The first-order valence-electron chi connectivity index (χ1n) is 4.53. The number of aliphatic hydroxyl groups is 1. The van der Waals surface area contributed by atoms with Crippen molar-refractivity contribution in [2.45, 2.75) is 6.61 Å². The van der Waals surface area contributed by atoms with Gasteiger partial charge in [0.2, 0.25) is 0 Å². The predicted molar refractivity (Wildman–Crippen MR) is 60.4 cm³/mol. The zero-order chi connectivity index (χ0) is 10.7. The molecule has 2 aromatic rings. The number of thiophene rings is 1. The second-order valence-corrected chi connectivity index (χ2v) is 4.11.